The molecular weight excluding hydrogens is 324 g/mol. The van der Waals surface area contributed by atoms with Crippen LogP contribution in [-0.2, 0) is 4.79 Å². The molecule has 0 saturated carbocycles. The van der Waals surface area contributed by atoms with Crippen LogP contribution in [0.2, 0.25) is 0 Å². The zero-order valence-electron chi connectivity index (χ0n) is 15.9. The van der Waals surface area contributed by atoms with E-state index in [1.54, 1.807) is 7.11 Å². The molecule has 26 heavy (non-hydrogen) atoms. The summed E-state index contributed by atoms with van der Waals surface area (Å²) in [4.78, 5) is 14.7. The first-order chi connectivity index (χ1) is 12.6. The summed E-state index contributed by atoms with van der Waals surface area (Å²) in [6.45, 7) is 3.97. The van der Waals surface area contributed by atoms with E-state index in [0.717, 1.165) is 48.4 Å². The first-order valence-corrected chi connectivity index (χ1v) is 9.32. The minimum absolute atomic E-state index is 0.0594. The number of nitrogens with zero attached hydrogens (tertiary/aromatic N) is 1. The van der Waals surface area contributed by atoms with E-state index in [1.807, 2.05) is 30.1 Å². The van der Waals surface area contributed by atoms with Gasteiger partial charge in [0.1, 0.15) is 5.75 Å². The van der Waals surface area contributed by atoms with E-state index in [9.17, 15) is 4.79 Å². The molecule has 0 spiro atoms. The molecule has 3 rings (SSSR count). The topological polar surface area (TPSA) is 41.6 Å². The highest BCUT2D eigenvalue weighted by molar-refractivity contribution is 5.79. The number of benzene rings is 2. The molecule has 0 aliphatic carbocycles. The van der Waals surface area contributed by atoms with E-state index >= 15 is 0 Å². The lowest BCUT2D eigenvalue weighted by atomic mass is 9.95. The van der Waals surface area contributed by atoms with Crippen LogP contribution in [0.5, 0.6) is 5.75 Å². The van der Waals surface area contributed by atoms with Crippen molar-refractivity contribution in [3.05, 3.63) is 54.1 Å². The van der Waals surface area contributed by atoms with Gasteiger partial charge in [0.05, 0.1) is 13.2 Å². The average molecular weight is 352 g/mol. The van der Waals surface area contributed by atoms with Crippen molar-refractivity contribution in [2.75, 3.05) is 27.2 Å². The zero-order valence-corrected chi connectivity index (χ0v) is 15.9. The zero-order chi connectivity index (χ0) is 18.5. The molecule has 1 aliphatic rings. The van der Waals surface area contributed by atoms with E-state index in [4.69, 9.17) is 4.74 Å². The minimum Gasteiger partial charge on any atom is -0.496 e. The number of piperidine rings is 1. The molecule has 1 heterocycles. The molecule has 1 aliphatic heterocycles. The third kappa shape index (κ3) is 3.91. The number of nitrogens with one attached hydrogen (secondary N) is 1. The Kier molecular flexibility index (Phi) is 5.94. The van der Waals surface area contributed by atoms with E-state index in [1.165, 1.54) is 0 Å². The maximum atomic E-state index is 12.8. The van der Waals surface area contributed by atoms with Gasteiger partial charge in [-0.2, -0.15) is 0 Å². The SMILES string of the molecule is COc1ccccc1-c1ccc(C(C)N(C)C(=O)C2CCNCC2)cc1. The molecule has 1 saturated heterocycles. The van der Waals surface area contributed by atoms with Crippen LogP contribution in [0.1, 0.15) is 31.4 Å². The monoisotopic (exact) mass is 352 g/mol. The highest BCUT2D eigenvalue weighted by Crippen LogP contribution is 2.31. The summed E-state index contributed by atoms with van der Waals surface area (Å²) < 4.78 is 5.46. The summed E-state index contributed by atoms with van der Waals surface area (Å²) in [5, 5.41) is 3.32. The Labute approximate surface area is 156 Å². The van der Waals surface area contributed by atoms with Gasteiger partial charge < -0.3 is 15.0 Å². The predicted octanol–water partition coefficient (Wildman–Crippen LogP) is 3.88. The third-order valence-corrected chi connectivity index (χ3v) is 5.43. The molecule has 2 aromatic rings. The Bertz CT molecular complexity index is 736. The smallest absolute Gasteiger partial charge is 0.226 e. The van der Waals surface area contributed by atoms with Crippen molar-refractivity contribution in [1.82, 2.24) is 10.2 Å². The molecule has 4 nitrogen and oxygen atoms in total. The number of hydrogen-bond donors (Lipinski definition) is 1. The van der Waals surface area contributed by atoms with Gasteiger partial charge in [-0.05, 0) is 50.0 Å². The van der Waals surface area contributed by atoms with Crippen LogP contribution in [0.25, 0.3) is 11.1 Å². The van der Waals surface area contributed by atoms with Crippen LogP contribution in [0.15, 0.2) is 48.5 Å². The first kappa shape index (κ1) is 18.5. The number of para-hydroxylation sites is 1. The van der Waals surface area contributed by atoms with E-state index in [-0.39, 0.29) is 17.9 Å². The fraction of sp³-hybridized carbons (Fsp3) is 0.409. The average Bonchev–Trinajstić information content (AvgIpc) is 2.73. The maximum absolute atomic E-state index is 12.8. The molecule has 0 aromatic heterocycles. The summed E-state index contributed by atoms with van der Waals surface area (Å²) in [6.07, 6.45) is 1.87. The van der Waals surface area contributed by atoms with Gasteiger partial charge in [-0.3, -0.25) is 4.79 Å². The lowest BCUT2D eigenvalue weighted by Crippen LogP contribution is -2.40. The van der Waals surface area contributed by atoms with E-state index < -0.39 is 0 Å². The van der Waals surface area contributed by atoms with Crippen LogP contribution >= 0.6 is 0 Å². The summed E-state index contributed by atoms with van der Waals surface area (Å²) >= 11 is 0. The normalized spacial score (nSPS) is 16.1. The predicted molar refractivity (Wildman–Crippen MR) is 105 cm³/mol. The largest absolute Gasteiger partial charge is 0.496 e. The summed E-state index contributed by atoms with van der Waals surface area (Å²) in [5.41, 5.74) is 3.34. The fourth-order valence-electron chi connectivity index (χ4n) is 3.60. The van der Waals surface area contributed by atoms with Crippen molar-refractivity contribution in [2.45, 2.75) is 25.8 Å². The molecule has 1 atom stereocenters. The standard InChI is InChI=1S/C22H28N2O2/c1-16(24(2)22(25)19-12-14-23-15-13-19)17-8-10-18(11-9-17)20-6-4-5-7-21(20)26-3/h4-11,16,19,23H,12-15H2,1-3H3. The van der Waals surface area contributed by atoms with E-state index in [2.05, 4.69) is 42.6 Å². The number of hydrogen-bond acceptors (Lipinski definition) is 3. The molecule has 2 aromatic carbocycles. The van der Waals surface area contributed by atoms with Gasteiger partial charge in [0, 0.05) is 18.5 Å². The van der Waals surface area contributed by atoms with Gasteiger partial charge in [-0.25, -0.2) is 0 Å². The second kappa shape index (κ2) is 8.37. The Morgan fingerprint density at radius 3 is 2.42 bits per heavy atom. The second-order valence-corrected chi connectivity index (χ2v) is 6.97. The molecule has 1 amide bonds. The van der Waals surface area contributed by atoms with Crippen molar-refractivity contribution < 1.29 is 9.53 Å². The van der Waals surface area contributed by atoms with Crippen molar-refractivity contribution in [3.63, 3.8) is 0 Å². The van der Waals surface area contributed by atoms with Crippen LogP contribution in [-0.4, -0.2) is 38.1 Å². The fourth-order valence-corrected chi connectivity index (χ4v) is 3.60. The highest BCUT2D eigenvalue weighted by atomic mass is 16.5. The summed E-state index contributed by atoms with van der Waals surface area (Å²) in [7, 11) is 3.61. The molecule has 1 unspecified atom stereocenters. The molecule has 1 fully saturated rings. The van der Waals surface area contributed by atoms with Crippen LogP contribution in [0.4, 0.5) is 0 Å². The van der Waals surface area contributed by atoms with Gasteiger partial charge in [-0.15, -0.1) is 0 Å². The maximum Gasteiger partial charge on any atom is 0.226 e. The van der Waals surface area contributed by atoms with Gasteiger partial charge in [-0.1, -0.05) is 42.5 Å². The number of rotatable bonds is 5. The van der Waals surface area contributed by atoms with Crippen LogP contribution in [0.3, 0.4) is 0 Å². The quantitative estimate of drug-likeness (QED) is 0.888. The van der Waals surface area contributed by atoms with Crippen molar-refractivity contribution in [2.24, 2.45) is 5.92 Å². The minimum atomic E-state index is 0.0594. The Morgan fingerprint density at radius 2 is 1.77 bits per heavy atom. The molecule has 0 radical (unpaired) electrons. The van der Waals surface area contributed by atoms with Crippen molar-refractivity contribution >= 4 is 5.91 Å². The van der Waals surface area contributed by atoms with Crippen LogP contribution < -0.4 is 10.1 Å². The van der Waals surface area contributed by atoms with Crippen molar-refractivity contribution in [1.29, 1.82) is 0 Å². The highest BCUT2D eigenvalue weighted by Gasteiger charge is 2.26. The second-order valence-electron chi connectivity index (χ2n) is 6.97. The lowest BCUT2D eigenvalue weighted by Gasteiger charge is -2.31. The van der Waals surface area contributed by atoms with Gasteiger partial charge in [0.2, 0.25) is 5.91 Å². The Hall–Kier alpha value is -2.33. The Balaban J connectivity index is 1.74. The number of carbonyl (C=O) groups is 1. The Morgan fingerprint density at radius 1 is 1.12 bits per heavy atom. The first-order valence-electron chi connectivity index (χ1n) is 9.32. The molecule has 4 heteroatoms. The molecule has 138 valence electrons. The number of methoxy groups -OCH3 is 1. The number of ether oxygens (including phenoxy) is 1. The number of amides is 1. The van der Waals surface area contributed by atoms with Crippen LogP contribution in [0, 0.1) is 5.92 Å². The molecular formula is C22H28N2O2. The third-order valence-electron chi connectivity index (χ3n) is 5.43. The molecule has 1 N–H and O–H groups in total. The number of carbonyl (C=O) groups excluding carboxylic acids is 1. The van der Waals surface area contributed by atoms with Gasteiger partial charge in [0.15, 0.2) is 0 Å². The summed E-state index contributed by atoms with van der Waals surface area (Å²) in [5.74, 6) is 1.27. The van der Waals surface area contributed by atoms with Gasteiger partial charge >= 0.3 is 0 Å². The van der Waals surface area contributed by atoms with Crippen molar-refractivity contribution in [3.8, 4) is 16.9 Å². The van der Waals surface area contributed by atoms with Gasteiger partial charge in [0.25, 0.3) is 0 Å². The summed E-state index contributed by atoms with van der Waals surface area (Å²) in [6, 6.07) is 16.5. The van der Waals surface area contributed by atoms with E-state index in [0.29, 0.717) is 0 Å². The molecule has 0 bridgehead atoms. The lowest BCUT2D eigenvalue weighted by molar-refractivity contribution is -0.137.